The van der Waals surface area contributed by atoms with Gasteiger partial charge in [-0.3, -0.25) is 10.1 Å². The Hall–Kier alpha value is -0.860. The minimum atomic E-state index is -0.169. The summed E-state index contributed by atoms with van der Waals surface area (Å²) in [6, 6.07) is 0. The normalized spacial score (nSPS) is 42.1. The highest BCUT2D eigenvalue weighted by molar-refractivity contribution is 5.22. The molecule has 4 aliphatic rings. The van der Waals surface area contributed by atoms with E-state index in [2.05, 4.69) is 0 Å². The van der Waals surface area contributed by atoms with Gasteiger partial charge in [-0.1, -0.05) is 0 Å². The first-order valence-electron chi connectivity index (χ1n) is 6.00. The summed E-state index contributed by atoms with van der Waals surface area (Å²) in [5, 5.41) is 10.9. The molecule has 0 unspecified atom stereocenters. The van der Waals surface area contributed by atoms with E-state index in [4.69, 9.17) is 0 Å². The zero-order chi connectivity index (χ0) is 10.6. The maximum absolute atomic E-state index is 10.9. The third-order valence-electron chi connectivity index (χ3n) is 4.71. The highest BCUT2D eigenvalue weighted by atomic mass is 16.6. The van der Waals surface area contributed by atoms with Crippen molar-refractivity contribution in [1.82, 2.24) is 0 Å². The van der Waals surface area contributed by atoms with Crippen molar-refractivity contribution in [1.29, 1.82) is 0 Å². The second kappa shape index (κ2) is 3.06. The van der Waals surface area contributed by atoms with E-state index in [1.54, 1.807) is 6.92 Å². The molecule has 0 radical (unpaired) electrons. The minimum absolute atomic E-state index is 0.169. The summed E-state index contributed by atoms with van der Waals surface area (Å²) in [5.41, 5.74) is 1.68. The van der Waals surface area contributed by atoms with E-state index >= 15 is 0 Å². The topological polar surface area (TPSA) is 43.1 Å². The average Bonchev–Trinajstić information content (AvgIpc) is 2.15. The summed E-state index contributed by atoms with van der Waals surface area (Å²) in [5.74, 6) is 2.89. The number of hydrogen-bond donors (Lipinski definition) is 0. The Morgan fingerprint density at radius 2 is 1.60 bits per heavy atom. The Bertz CT molecular complexity index is 316. The number of allylic oxidation sites excluding steroid dienone is 2. The molecule has 3 heteroatoms. The van der Waals surface area contributed by atoms with E-state index < -0.39 is 0 Å². The first-order valence-corrected chi connectivity index (χ1v) is 6.00. The lowest BCUT2D eigenvalue weighted by Gasteiger charge is -2.50. The molecule has 0 aromatic heterocycles. The molecule has 4 saturated carbocycles. The third-order valence-corrected chi connectivity index (χ3v) is 4.71. The Kier molecular flexibility index (Phi) is 1.91. The Balaban J connectivity index is 1.98. The van der Waals surface area contributed by atoms with Crippen molar-refractivity contribution in [3.8, 4) is 0 Å². The summed E-state index contributed by atoms with van der Waals surface area (Å²) < 4.78 is 0. The predicted molar refractivity (Wildman–Crippen MR) is 56.7 cm³/mol. The van der Waals surface area contributed by atoms with Crippen LogP contribution in [0.5, 0.6) is 0 Å². The largest absolute Gasteiger partial charge is 0.259 e. The zero-order valence-electron chi connectivity index (χ0n) is 9.11. The van der Waals surface area contributed by atoms with Gasteiger partial charge in [0.1, 0.15) is 0 Å². The minimum Gasteiger partial charge on any atom is -0.259 e. The lowest BCUT2D eigenvalue weighted by atomic mass is 9.54. The van der Waals surface area contributed by atoms with Crippen LogP contribution in [0, 0.1) is 33.8 Å². The highest BCUT2D eigenvalue weighted by Crippen LogP contribution is 2.56. The standard InChI is InChI=1S/C12H17NO2/c1-7(13(14)15)12-10-3-8-2-9(5-10)6-11(12)4-8/h8-11H,2-6H2,1H3. The molecule has 0 amide bonds. The predicted octanol–water partition coefficient (Wildman–Crippen LogP) is 2.99. The maximum atomic E-state index is 10.9. The van der Waals surface area contributed by atoms with Crippen LogP contribution in [0.4, 0.5) is 0 Å². The molecule has 15 heavy (non-hydrogen) atoms. The van der Waals surface area contributed by atoms with Gasteiger partial charge in [-0.05, 0) is 55.8 Å². The van der Waals surface area contributed by atoms with E-state index in [0.717, 1.165) is 11.8 Å². The molecule has 3 nitrogen and oxygen atoms in total. The van der Waals surface area contributed by atoms with Crippen LogP contribution in [0.15, 0.2) is 11.3 Å². The van der Waals surface area contributed by atoms with E-state index in [0.29, 0.717) is 17.5 Å². The summed E-state index contributed by atoms with van der Waals surface area (Å²) in [6.07, 6.45) is 6.32. The van der Waals surface area contributed by atoms with Crippen molar-refractivity contribution >= 4 is 0 Å². The van der Waals surface area contributed by atoms with Gasteiger partial charge < -0.3 is 0 Å². The van der Waals surface area contributed by atoms with Crippen molar-refractivity contribution in [3.05, 3.63) is 21.4 Å². The third kappa shape index (κ3) is 1.32. The van der Waals surface area contributed by atoms with Crippen LogP contribution in [0.3, 0.4) is 0 Å². The molecule has 0 saturated heterocycles. The molecule has 82 valence electrons. The van der Waals surface area contributed by atoms with Crippen LogP contribution in [-0.4, -0.2) is 4.92 Å². The lowest BCUT2D eigenvalue weighted by Crippen LogP contribution is -2.41. The SMILES string of the molecule is CC(=C1C2CC3CC(C2)CC1C3)[N+](=O)[O-]. The van der Waals surface area contributed by atoms with Crippen LogP contribution >= 0.6 is 0 Å². The molecule has 0 aromatic carbocycles. The first kappa shape index (κ1) is 9.37. The molecule has 4 aliphatic carbocycles. The molecule has 0 atom stereocenters. The van der Waals surface area contributed by atoms with Crippen molar-refractivity contribution < 1.29 is 4.92 Å². The van der Waals surface area contributed by atoms with Crippen molar-refractivity contribution in [2.75, 3.05) is 0 Å². The van der Waals surface area contributed by atoms with Crippen molar-refractivity contribution in [2.24, 2.45) is 23.7 Å². The van der Waals surface area contributed by atoms with Crippen LogP contribution in [0.2, 0.25) is 0 Å². The van der Waals surface area contributed by atoms with Crippen LogP contribution in [0.1, 0.15) is 39.0 Å². The first-order chi connectivity index (χ1) is 7.15. The van der Waals surface area contributed by atoms with E-state index in [1.807, 2.05) is 0 Å². The van der Waals surface area contributed by atoms with Gasteiger partial charge >= 0.3 is 0 Å². The zero-order valence-corrected chi connectivity index (χ0v) is 9.11. The van der Waals surface area contributed by atoms with Gasteiger partial charge in [0.15, 0.2) is 0 Å². The number of nitro groups is 1. The summed E-state index contributed by atoms with van der Waals surface area (Å²) >= 11 is 0. The fourth-order valence-electron chi connectivity index (χ4n) is 4.39. The van der Waals surface area contributed by atoms with Crippen LogP contribution in [-0.2, 0) is 0 Å². The van der Waals surface area contributed by atoms with Gasteiger partial charge in [-0.25, -0.2) is 0 Å². The van der Waals surface area contributed by atoms with Crippen LogP contribution < -0.4 is 0 Å². The Labute approximate surface area is 89.7 Å². The second-order valence-electron chi connectivity index (χ2n) is 5.60. The summed E-state index contributed by atoms with van der Waals surface area (Å²) in [6.45, 7) is 1.71. The maximum Gasteiger partial charge on any atom is 0.242 e. The van der Waals surface area contributed by atoms with E-state index in [1.165, 1.54) is 37.7 Å². The molecule has 0 spiro atoms. The molecule has 0 aromatic rings. The number of hydrogen-bond acceptors (Lipinski definition) is 2. The molecular formula is C12H17NO2. The Morgan fingerprint density at radius 3 is 2.00 bits per heavy atom. The smallest absolute Gasteiger partial charge is 0.242 e. The monoisotopic (exact) mass is 207 g/mol. The van der Waals surface area contributed by atoms with Crippen molar-refractivity contribution in [2.45, 2.75) is 39.0 Å². The molecule has 4 fully saturated rings. The van der Waals surface area contributed by atoms with Crippen molar-refractivity contribution in [3.63, 3.8) is 0 Å². The fourth-order valence-corrected chi connectivity index (χ4v) is 4.39. The molecular weight excluding hydrogens is 190 g/mol. The van der Waals surface area contributed by atoms with E-state index in [-0.39, 0.29) is 4.92 Å². The van der Waals surface area contributed by atoms with Gasteiger partial charge in [-0.2, -0.15) is 0 Å². The second-order valence-corrected chi connectivity index (χ2v) is 5.60. The van der Waals surface area contributed by atoms with Gasteiger partial charge in [0.25, 0.3) is 0 Å². The van der Waals surface area contributed by atoms with Gasteiger partial charge in [0, 0.05) is 12.5 Å². The van der Waals surface area contributed by atoms with E-state index in [9.17, 15) is 10.1 Å². The molecule has 0 heterocycles. The quantitative estimate of drug-likeness (QED) is 0.490. The van der Waals surface area contributed by atoms with Gasteiger partial charge in [-0.15, -0.1) is 0 Å². The fraction of sp³-hybridized carbons (Fsp3) is 0.833. The lowest BCUT2D eigenvalue weighted by molar-refractivity contribution is -0.427. The van der Waals surface area contributed by atoms with Gasteiger partial charge in [0.05, 0.1) is 4.92 Å². The molecule has 0 aliphatic heterocycles. The molecule has 0 N–H and O–H groups in total. The number of rotatable bonds is 1. The Morgan fingerprint density at radius 1 is 1.13 bits per heavy atom. The van der Waals surface area contributed by atoms with Gasteiger partial charge in [0.2, 0.25) is 5.70 Å². The van der Waals surface area contributed by atoms with Crippen LogP contribution in [0.25, 0.3) is 0 Å². The summed E-state index contributed by atoms with van der Waals surface area (Å²) in [4.78, 5) is 10.7. The highest BCUT2D eigenvalue weighted by Gasteiger charge is 2.47. The summed E-state index contributed by atoms with van der Waals surface area (Å²) in [7, 11) is 0. The number of nitrogens with zero attached hydrogens (tertiary/aromatic N) is 1. The molecule has 4 rings (SSSR count). The average molecular weight is 207 g/mol. The molecule has 4 bridgehead atoms.